The zero-order valence-corrected chi connectivity index (χ0v) is 28.6. The molecule has 248 valence electrons. The van der Waals surface area contributed by atoms with E-state index in [0.29, 0.717) is 25.9 Å². The van der Waals surface area contributed by atoms with Crippen LogP contribution in [0.2, 0.25) is 0 Å². The minimum atomic E-state index is -0.395. The number of carbonyl (C=O) groups is 2. The summed E-state index contributed by atoms with van der Waals surface area (Å²) in [5, 5.41) is 0. The van der Waals surface area contributed by atoms with Crippen LogP contribution in [-0.4, -0.2) is 23.3 Å². The molecule has 0 heterocycles. The Morgan fingerprint density at radius 1 is 0.488 bits per heavy atom. The minimum absolute atomic E-state index is 0.275. The van der Waals surface area contributed by atoms with Crippen LogP contribution in [0.4, 0.5) is 0 Å². The standard InChI is InChI=1S/C38H68NO4/c1-4-7-9-11-13-15-17-19-21-23-28-32-37(40)42-39(34-6-3,35-36-30-26-25-27-31-36)43-38(41)33-29-24-22-20-18-16-14-12-10-8-5-2/h25-27,30-31H,4-24,28-29,32-35H2,1-3H3/q+1. The molecule has 0 unspecified atom stereocenters. The molecule has 5 nitrogen and oxygen atoms in total. The number of unbranched alkanes of at least 4 members (excludes halogenated alkanes) is 20. The van der Waals surface area contributed by atoms with Gasteiger partial charge in [0.2, 0.25) is 0 Å². The Labute approximate surface area is 266 Å². The lowest BCUT2D eigenvalue weighted by Crippen LogP contribution is -2.50. The Morgan fingerprint density at radius 3 is 1.19 bits per heavy atom. The highest BCUT2D eigenvalue weighted by molar-refractivity contribution is 5.69. The van der Waals surface area contributed by atoms with Crippen LogP contribution < -0.4 is 0 Å². The first-order valence-electron chi connectivity index (χ1n) is 18.4. The third-order valence-corrected chi connectivity index (χ3v) is 8.34. The lowest BCUT2D eigenvalue weighted by molar-refractivity contribution is -1.23. The maximum Gasteiger partial charge on any atom is 0.372 e. The lowest BCUT2D eigenvalue weighted by Gasteiger charge is -2.30. The first kappa shape index (κ1) is 39.1. The van der Waals surface area contributed by atoms with Crippen LogP contribution in [0, 0.1) is 0 Å². The van der Waals surface area contributed by atoms with Crippen LogP contribution in [0.3, 0.4) is 0 Å². The first-order chi connectivity index (χ1) is 21.0. The highest BCUT2D eigenvalue weighted by Gasteiger charge is 2.38. The van der Waals surface area contributed by atoms with Gasteiger partial charge in [-0.2, -0.15) is 0 Å². The maximum atomic E-state index is 13.0. The van der Waals surface area contributed by atoms with E-state index in [1.54, 1.807) is 0 Å². The molecule has 0 N–H and O–H groups in total. The Morgan fingerprint density at radius 2 is 0.837 bits per heavy atom. The molecular formula is C38H68NO4+. The van der Waals surface area contributed by atoms with E-state index in [0.717, 1.165) is 50.5 Å². The Balaban J connectivity index is 2.45. The van der Waals surface area contributed by atoms with Gasteiger partial charge in [0, 0.05) is 12.0 Å². The predicted octanol–water partition coefficient (Wildman–Crippen LogP) is 11.7. The van der Waals surface area contributed by atoms with E-state index in [-0.39, 0.29) is 11.9 Å². The van der Waals surface area contributed by atoms with Crippen LogP contribution in [-0.2, 0) is 25.8 Å². The molecule has 0 fully saturated rings. The summed E-state index contributed by atoms with van der Waals surface area (Å²) in [7, 11) is 0. The summed E-state index contributed by atoms with van der Waals surface area (Å²) in [4.78, 5) is 37.6. The fraction of sp³-hybridized carbons (Fsp3) is 0.789. The Hall–Kier alpha value is -1.88. The van der Waals surface area contributed by atoms with Gasteiger partial charge in [0.25, 0.3) is 0 Å². The molecule has 0 aliphatic heterocycles. The Bertz CT molecular complexity index is 741. The van der Waals surface area contributed by atoms with Crippen molar-refractivity contribution in [3.05, 3.63) is 35.9 Å². The molecule has 0 saturated heterocycles. The van der Waals surface area contributed by atoms with Crippen LogP contribution in [0.15, 0.2) is 30.3 Å². The van der Waals surface area contributed by atoms with Crippen molar-refractivity contribution in [1.29, 1.82) is 0 Å². The van der Waals surface area contributed by atoms with E-state index in [4.69, 9.17) is 9.68 Å². The van der Waals surface area contributed by atoms with Crippen molar-refractivity contribution < 1.29 is 24.1 Å². The molecule has 0 bridgehead atoms. The molecule has 43 heavy (non-hydrogen) atoms. The number of benzene rings is 1. The van der Waals surface area contributed by atoms with E-state index in [9.17, 15) is 9.59 Å². The predicted molar refractivity (Wildman–Crippen MR) is 180 cm³/mol. The van der Waals surface area contributed by atoms with Gasteiger partial charge in [-0.15, -0.1) is 0 Å². The zero-order chi connectivity index (χ0) is 31.3. The maximum absolute atomic E-state index is 13.0. The highest BCUT2D eigenvalue weighted by Crippen LogP contribution is 2.22. The number of hydrogen-bond acceptors (Lipinski definition) is 4. The number of nitrogens with zero attached hydrogens (tertiary/aromatic N) is 1. The summed E-state index contributed by atoms with van der Waals surface area (Å²) in [6, 6.07) is 9.90. The monoisotopic (exact) mass is 603 g/mol. The van der Waals surface area contributed by atoms with Gasteiger partial charge in [-0.3, -0.25) is 0 Å². The van der Waals surface area contributed by atoms with Gasteiger partial charge in [-0.25, -0.2) is 19.3 Å². The third kappa shape index (κ3) is 22.3. The number of carbonyl (C=O) groups excluding carboxylic acids is 2. The zero-order valence-electron chi connectivity index (χ0n) is 28.6. The number of hydroxylamine groups is 4. The van der Waals surface area contributed by atoms with Crippen LogP contribution in [0.1, 0.15) is 187 Å². The fourth-order valence-corrected chi connectivity index (χ4v) is 5.79. The third-order valence-electron chi connectivity index (χ3n) is 8.34. The summed E-state index contributed by atoms with van der Waals surface area (Å²) in [5.74, 6) is -0.550. The van der Waals surface area contributed by atoms with Crippen molar-refractivity contribution in [3.8, 4) is 0 Å². The average Bonchev–Trinajstić information content (AvgIpc) is 2.99. The molecule has 0 aliphatic carbocycles. The number of rotatable bonds is 30. The SMILES string of the molecule is CCCCCCCCCCCCCC(=O)O[N+](CCC)(Cc1ccccc1)OC(=O)CCCCCCCCCCCCC. The van der Waals surface area contributed by atoms with Crippen molar-refractivity contribution in [1.82, 2.24) is 0 Å². The Kier molecular flexibility index (Phi) is 25.2. The molecule has 0 aromatic heterocycles. The molecule has 0 amide bonds. The van der Waals surface area contributed by atoms with E-state index in [1.807, 2.05) is 37.3 Å². The summed E-state index contributed by atoms with van der Waals surface area (Å²) >= 11 is 0. The van der Waals surface area contributed by atoms with Crippen molar-refractivity contribution in [3.63, 3.8) is 0 Å². The van der Waals surface area contributed by atoms with Gasteiger partial charge in [-0.1, -0.05) is 180 Å². The number of hydrogen-bond donors (Lipinski definition) is 0. The summed E-state index contributed by atoms with van der Waals surface area (Å²) in [6.45, 7) is 7.34. The molecular weight excluding hydrogens is 534 g/mol. The average molecular weight is 603 g/mol. The second kappa shape index (κ2) is 27.7. The van der Waals surface area contributed by atoms with E-state index >= 15 is 0 Å². The molecule has 0 saturated carbocycles. The minimum Gasteiger partial charge on any atom is -0.245 e. The number of quaternary nitrogens is 1. The van der Waals surface area contributed by atoms with Gasteiger partial charge >= 0.3 is 11.9 Å². The van der Waals surface area contributed by atoms with Crippen molar-refractivity contribution in [2.45, 2.75) is 188 Å². The second-order valence-corrected chi connectivity index (χ2v) is 12.7. The van der Waals surface area contributed by atoms with Gasteiger partial charge in [0.15, 0.2) is 13.1 Å². The van der Waals surface area contributed by atoms with Crippen LogP contribution in [0.25, 0.3) is 0 Å². The van der Waals surface area contributed by atoms with E-state index in [1.165, 1.54) is 103 Å². The van der Waals surface area contributed by atoms with Gasteiger partial charge in [0.05, 0.1) is 17.7 Å². The molecule has 0 radical (unpaired) electrons. The lowest BCUT2D eigenvalue weighted by atomic mass is 10.1. The van der Waals surface area contributed by atoms with Gasteiger partial charge in [0.1, 0.15) is 0 Å². The molecule has 5 heteroatoms. The molecule has 1 aromatic carbocycles. The van der Waals surface area contributed by atoms with E-state index < -0.39 is 4.81 Å². The van der Waals surface area contributed by atoms with E-state index in [2.05, 4.69) is 13.8 Å². The molecule has 1 aromatic rings. The molecule has 0 atom stereocenters. The molecule has 1 rings (SSSR count). The van der Waals surface area contributed by atoms with Crippen molar-refractivity contribution in [2.75, 3.05) is 6.54 Å². The molecule has 0 spiro atoms. The van der Waals surface area contributed by atoms with Gasteiger partial charge in [-0.05, 0) is 12.8 Å². The largest absolute Gasteiger partial charge is 0.372 e. The highest BCUT2D eigenvalue weighted by atomic mass is 17.0. The first-order valence-corrected chi connectivity index (χ1v) is 18.4. The normalized spacial score (nSPS) is 11.5. The molecule has 0 aliphatic rings. The summed E-state index contributed by atoms with van der Waals surface area (Å²) in [5.41, 5.74) is 0.987. The van der Waals surface area contributed by atoms with Crippen LogP contribution in [0.5, 0.6) is 0 Å². The summed E-state index contributed by atoms with van der Waals surface area (Å²) in [6.07, 6.45) is 28.7. The van der Waals surface area contributed by atoms with Crippen LogP contribution >= 0.6 is 0 Å². The van der Waals surface area contributed by atoms with Gasteiger partial charge < -0.3 is 0 Å². The van der Waals surface area contributed by atoms with Crippen molar-refractivity contribution in [2.24, 2.45) is 0 Å². The quantitative estimate of drug-likeness (QED) is 0.0499. The smallest absolute Gasteiger partial charge is 0.245 e. The second-order valence-electron chi connectivity index (χ2n) is 12.7. The topological polar surface area (TPSA) is 52.6 Å². The van der Waals surface area contributed by atoms with Crippen molar-refractivity contribution >= 4 is 11.9 Å². The summed E-state index contributed by atoms with van der Waals surface area (Å²) < 4.78 is 0. The fourth-order valence-electron chi connectivity index (χ4n) is 5.79.